The average Bonchev–Trinajstić information content (AvgIpc) is 2.69. The second kappa shape index (κ2) is 9.01. The van der Waals surface area contributed by atoms with Crippen LogP contribution in [-0.4, -0.2) is 42.8 Å². The Bertz CT molecular complexity index is 895. The molecule has 0 spiro atoms. The Kier molecular flexibility index (Phi) is 6.67. The highest BCUT2D eigenvalue weighted by Gasteiger charge is 2.30. The van der Waals surface area contributed by atoms with Crippen LogP contribution in [0.25, 0.3) is 0 Å². The molecule has 2 aromatic carbocycles. The summed E-state index contributed by atoms with van der Waals surface area (Å²) in [7, 11) is -1.98. The molecule has 0 aromatic heterocycles. The van der Waals surface area contributed by atoms with E-state index in [2.05, 4.69) is 5.32 Å². The summed E-state index contributed by atoms with van der Waals surface area (Å²) in [6.07, 6.45) is 0. The summed E-state index contributed by atoms with van der Waals surface area (Å²) in [5, 5.41) is 4.75. The third-order valence-electron chi connectivity index (χ3n) is 4.90. The fraction of sp³-hybridized carbons (Fsp3) is 0.300. The van der Waals surface area contributed by atoms with E-state index in [-0.39, 0.29) is 11.6 Å². The number of ketones is 2. The minimum atomic E-state index is -1.98. The van der Waals surface area contributed by atoms with Crippen molar-refractivity contribution in [1.29, 1.82) is 0 Å². The Morgan fingerprint density at radius 2 is 1.61 bits per heavy atom. The molecule has 1 atom stereocenters. The van der Waals surface area contributed by atoms with Gasteiger partial charge in [-0.1, -0.05) is 36.4 Å². The van der Waals surface area contributed by atoms with Gasteiger partial charge in [0.25, 0.3) is 0 Å². The van der Waals surface area contributed by atoms with Gasteiger partial charge in [-0.25, -0.2) is 0 Å². The third kappa shape index (κ3) is 4.36. The molecular formula is C20H23N3O4P-. The largest absolute Gasteiger partial charge is 0.795 e. The summed E-state index contributed by atoms with van der Waals surface area (Å²) in [6.45, 7) is 7.07. The summed E-state index contributed by atoms with van der Waals surface area (Å²) in [4.78, 5) is 35.2. The second-order valence-corrected chi connectivity index (χ2v) is 7.41. The summed E-state index contributed by atoms with van der Waals surface area (Å²) in [5.74, 6) is -0.0929. The molecule has 0 saturated carbocycles. The van der Waals surface area contributed by atoms with E-state index in [1.54, 1.807) is 35.4 Å². The molecule has 28 heavy (non-hydrogen) atoms. The first-order valence-corrected chi connectivity index (χ1v) is 10.3. The van der Waals surface area contributed by atoms with Crippen molar-refractivity contribution in [3.63, 3.8) is 0 Å². The van der Waals surface area contributed by atoms with Crippen LogP contribution >= 0.6 is 8.53 Å². The number of nitrogens with one attached hydrogen (secondary N) is 1. The number of hydroxylamine groups is 2. The number of carbonyl (C=O) groups is 2. The van der Waals surface area contributed by atoms with E-state index in [0.717, 1.165) is 37.3 Å². The van der Waals surface area contributed by atoms with Gasteiger partial charge in [0.1, 0.15) is 0 Å². The maximum absolute atomic E-state index is 12.5. The Morgan fingerprint density at radius 3 is 2.21 bits per heavy atom. The number of aryl methyl sites for hydroxylation is 1. The zero-order valence-electron chi connectivity index (χ0n) is 15.9. The van der Waals surface area contributed by atoms with E-state index in [0.29, 0.717) is 22.3 Å². The smallest absolute Gasteiger partial charge is 0.194 e. The molecule has 8 heteroatoms. The molecule has 2 aliphatic rings. The van der Waals surface area contributed by atoms with Crippen LogP contribution in [0.15, 0.2) is 36.4 Å². The fourth-order valence-corrected chi connectivity index (χ4v) is 3.69. The maximum Gasteiger partial charge on any atom is 0.194 e. The van der Waals surface area contributed by atoms with Crippen LogP contribution in [0, 0.1) is 13.8 Å². The van der Waals surface area contributed by atoms with Gasteiger partial charge in [0.2, 0.25) is 0 Å². The van der Waals surface area contributed by atoms with Crippen LogP contribution in [0.2, 0.25) is 0 Å². The maximum atomic E-state index is 12.5. The van der Waals surface area contributed by atoms with Gasteiger partial charge in [-0.05, 0) is 25.0 Å². The molecule has 0 bridgehead atoms. The average molecular weight is 400 g/mol. The fourth-order valence-electron chi connectivity index (χ4n) is 3.30. The quantitative estimate of drug-likeness (QED) is 0.627. The molecule has 1 saturated heterocycles. The lowest BCUT2D eigenvalue weighted by molar-refractivity contribution is -0.211. The van der Waals surface area contributed by atoms with Crippen molar-refractivity contribution < 1.29 is 19.1 Å². The van der Waals surface area contributed by atoms with Crippen molar-refractivity contribution >= 4 is 20.1 Å². The molecule has 7 nitrogen and oxygen atoms in total. The summed E-state index contributed by atoms with van der Waals surface area (Å²) < 4.78 is 4.77. The number of benzene rings is 2. The van der Waals surface area contributed by atoms with Crippen LogP contribution in [-0.2, 0) is 4.62 Å². The predicted octanol–water partition coefficient (Wildman–Crippen LogP) is 1.45. The van der Waals surface area contributed by atoms with E-state index in [9.17, 15) is 14.5 Å². The third-order valence-corrected chi connectivity index (χ3v) is 5.29. The van der Waals surface area contributed by atoms with Gasteiger partial charge < -0.3 is 10.2 Å². The molecule has 1 unspecified atom stereocenters. The van der Waals surface area contributed by atoms with Gasteiger partial charge in [-0.2, -0.15) is 5.06 Å². The summed E-state index contributed by atoms with van der Waals surface area (Å²) in [6, 6.07) is 10.7. The van der Waals surface area contributed by atoms with Gasteiger partial charge >= 0.3 is 0 Å². The zero-order chi connectivity index (χ0) is 20.3. The number of hydrogen-bond donors (Lipinski definition) is 2. The number of hydrogen-bond acceptors (Lipinski definition) is 7. The SMILES string of the molecule is Cc1ccc2c(c1C)C(=O)c1ccccc1C2=O.NP([O-])ON1CCNCC1. The number of nitrogens with two attached hydrogens (primary N) is 1. The highest BCUT2D eigenvalue weighted by atomic mass is 31.2. The van der Waals surface area contributed by atoms with Gasteiger partial charge in [0.15, 0.2) is 11.6 Å². The van der Waals surface area contributed by atoms with Gasteiger partial charge in [0.05, 0.1) is 0 Å². The van der Waals surface area contributed by atoms with Crippen LogP contribution in [0.3, 0.4) is 0 Å². The minimum Gasteiger partial charge on any atom is -0.795 e. The van der Waals surface area contributed by atoms with E-state index in [1.807, 2.05) is 19.9 Å². The standard InChI is InChI=1S/C16H12O2.C4H11N3O2P/c1-9-7-8-13-14(10(9)2)16(18)12-6-4-3-5-11(12)15(13)17;5-10(8)9-7-3-1-6-2-4-7/h3-8H,1-2H3;6H,1-5H2/q;-1. The Labute approximate surface area is 165 Å². The topological polar surface area (TPSA) is 108 Å². The molecule has 148 valence electrons. The van der Waals surface area contributed by atoms with Gasteiger partial charge in [0, 0.05) is 57.0 Å². The van der Waals surface area contributed by atoms with Crippen molar-refractivity contribution in [3.05, 3.63) is 69.8 Å². The second-order valence-electron chi connectivity index (χ2n) is 6.68. The molecular weight excluding hydrogens is 377 g/mol. The molecule has 1 aliphatic carbocycles. The number of nitrogens with zero attached hydrogens (tertiary/aromatic N) is 1. The highest BCUT2D eigenvalue weighted by Crippen LogP contribution is 2.30. The molecule has 0 radical (unpaired) electrons. The first-order valence-electron chi connectivity index (χ1n) is 9.04. The lowest BCUT2D eigenvalue weighted by Gasteiger charge is -2.30. The van der Waals surface area contributed by atoms with Gasteiger partial charge in [-0.15, -0.1) is 0 Å². The molecule has 1 aliphatic heterocycles. The Morgan fingerprint density at radius 1 is 1.00 bits per heavy atom. The first kappa shape index (κ1) is 20.7. The lowest BCUT2D eigenvalue weighted by Crippen LogP contribution is -2.43. The number of piperazine rings is 1. The Hall–Kier alpha value is -1.99. The summed E-state index contributed by atoms with van der Waals surface area (Å²) >= 11 is 0. The minimum absolute atomic E-state index is 0.0404. The van der Waals surface area contributed by atoms with Crippen LogP contribution in [0.4, 0.5) is 0 Å². The monoisotopic (exact) mass is 400 g/mol. The number of rotatable bonds is 2. The van der Waals surface area contributed by atoms with E-state index in [4.69, 9.17) is 10.1 Å². The normalized spacial score (nSPS) is 17.3. The van der Waals surface area contributed by atoms with E-state index < -0.39 is 8.53 Å². The first-order chi connectivity index (χ1) is 13.4. The molecule has 4 rings (SSSR count). The number of carbonyl (C=O) groups excluding carboxylic acids is 2. The highest BCUT2D eigenvalue weighted by molar-refractivity contribution is 7.41. The molecule has 3 N–H and O–H groups in total. The van der Waals surface area contributed by atoms with Crippen molar-refractivity contribution in [1.82, 2.24) is 10.4 Å². The molecule has 1 fully saturated rings. The van der Waals surface area contributed by atoms with Crippen LogP contribution in [0.1, 0.15) is 43.0 Å². The van der Waals surface area contributed by atoms with E-state index in [1.165, 1.54) is 0 Å². The molecule has 1 heterocycles. The van der Waals surface area contributed by atoms with Crippen molar-refractivity contribution in [2.24, 2.45) is 5.50 Å². The number of fused-ring (bicyclic) bond motifs is 2. The molecule has 0 amide bonds. The van der Waals surface area contributed by atoms with Gasteiger partial charge in [-0.3, -0.25) is 19.7 Å². The Balaban J connectivity index is 0.000000192. The summed E-state index contributed by atoms with van der Waals surface area (Å²) in [5.41, 5.74) is 9.01. The van der Waals surface area contributed by atoms with E-state index >= 15 is 0 Å². The lowest BCUT2D eigenvalue weighted by atomic mass is 9.81. The van der Waals surface area contributed by atoms with Crippen molar-refractivity contribution in [3.8, 4) is 0 Å². The van der Waals surface area contributed by atoms with Crippen molar-refractivity contribution in [2.75, 3.05) is 26.2 Å². The van der Waals surface area contributed by atoms with Crippen LogP contribution in [0.5, 0.6) is 0 Å². The van der Waals surface area contributed by atoms with Crippen LogP contribution < -0.4 is 15.7 Å². The predicted molar refractivity (Wildman–Crippen MR) is 106 cm³/mol. The molecule has 2 aromatic rings. The van der Waals surface area contributed by atoms with Crippen molar-refractivity contribution in [2.45, 2.75) is 13.8 Å². The zero-order valence-corrected chi connectivity index (χ0v) is 16.8.